The van der Waals surface area contributed by atoms with E-state index >= 15 is 0 Å². The lowest BCUT2D eigenvalue weighted by Gasteiger charge is -2.13. The Morgan fingerprint density at radius 2 is 1.95 bits per heavy atom. The fourth-order valence-electron chi connectivity index (χ4n) is 2.10. The van der Waals surface area contributed by atoms with E-state index in [9.17, 15) is 13.2 Å². The summed E-state index contributed by atoms with van der Waals surface area (Å²) in [6, 6.07) is 5.40. The summed E-state index contributed by atoms with van der Waals surface area (Å²) in [5.41, 5.74) is 0.676. The van der Waals surface area contributed by atoms with E-state index in [1.807, 2.05) is 19.9 Å². The van der Waals surface area contributed by atoms with Gasteiger partial charge in [-0.15, -0.1) is 0 Å². The van der Waals surface area contributed by atoms with E-state index < -0.39 is 11.7 Å². The summed E-state index contributed by atoms with van der Waals surface area (Å²) in [4.78, 5) is 4.03. The van der Waals surface area contributed by atoms with E-state index in [-0.39, 0.29) is 5.92 Å². The molecule has 2 aromatic rings. The van der Waals surface area contributed by atoms with Gasteiger partial charge in [0.25, 0.3) is 0 Å². The van der Waals surface area contributed by atoms with Gasteiger partial charge < -0.3 is 0 Å². The predicted octanol–water partition coefficient (Wildman–Crippen LogP) is 4.25. The van der Waals surface area contributed by atoms with Crippen molar-refractivity contribution in [2.45, 2.75) is 25.9 Å². The van der Waals surface area contributed by atoms with Crippen molar-refractivity contribution in [2.75, 3.05) is 0 Å². The molecule has 0 radical (unpaired) electrons. The molecule has 0 amide bonds. The second kappa shape index (κ2) is 4.54. The monoisotopic (exact) mass is 264 g/mol. The van der Waals surface area contributed by atoms with Crippen LogP contribution >= 0.6 is 0 Å². The Morgan fingerprint density at radius 1 is 1.26 bits per heavy atom. The van der Waals surface area contributed by atoms with Crippen LogP contribution in [0.1, 0.15) is 36.5 Å². The lowest BCUT2D eigenvalue weighted by atomic mass is 9.93. The number of hydrogen-bond donors (Lipinski definition) is 0. The maximum Gasteiger partial charge on any atom is 0.416 e. The van der Waals surface area contributed by atoms with Crippen LogP contribution in [0.15, 0.2) is 24.4 Å². The Hall–Kier alpha value is -2.09. The molecule has 0 saturated heterocycles. The number of alkyl halides is 3. The molecule has 0 aliphatic rings. The van der Waals surface area contributed by atoms with Gasteiger partial charge in [-0.25, -0.2) is 0 Å². The van der Waals surface area contributed by atoms with Crippen LogP contribution in [-0.2, 0) is 6.18 Å². The molecule has 0 aliphatic carbocycles. The molecule has 0 aliphatic heterocycles. The molecule has 2 rings (SSSR count). The van der Waals surface area contributed by atoms with Crippen molar-refractivity contribution >= 4 is 10.9 Å². The van der Waals surface area contributed by atoms with Crippen molar-refractivity contribution in [2.24, 2.45) is 0 Å². The van der Waals surface area contributed by atoms with Gasteiger partial charge in [0.15, 0.2) is 0 Å². The molecule has 0 unspecified atom stereocenters. The predicted molar refractivity (Wildman–Crippen MR) is 65.5 cm³/mol. The van der Waals surface area contributed by atoms with Crippen LogP contribution in [0.5, 0.6) is 0 Å². The third-order valence-corrected chi connectivity index (χ3v) is 2.93. The third-order valence-electron chi connectivity index (χ3n) is 2.93. The van der Waals surface area contributed by atoms with E-state index in [2.05, 4.69) is 4.98 Å². The first-order valence-corrected chi connectivity index (χ1v) is 5.74. The summed E-state index contributed by atoms with van der Waals surface area (Å²) in [5, 5.41) is 9.44. The van der Waals surface area contributed by atoms with Gasteiger partial charge in [0.05, 0.1) is 16.6 Å². The molecule has 2 nitrogen and oxygen atoms in total. The zero-order valence-corrected chi connectivity index (χ0v) is 10.4. The van der Waals surface area contributed by atoms with Crippen molar-refractivity contribution in [3.05, 3.63) is 41.1 Å². The van der Waals surface area contributed by atoms with Crippen LogP contribution in [0.3, 0.4) is 0 Å². The number of aromatic nitrogens is 1. The molecule has 98 valence electrons. The molecule has 5 heteroatoms. The number of fused-ring (bicyclic) bond motifs is 1. The van der Waals surface area contributed by atoms with Crippen LogP contribution in [-0.4, -0.2) is 4.98 Å². The quantitative estimate of drug-likeness (QED) is 0.772. The van der Waals surface area contributed by atoms with Crippen LogP contribution in [0, 0.1) is 11.3 Å². The first-order valence-electron chi connectivity index (χ1n) is 5.74. The highest BCUT2D eigenvalue weighted by Gasteiger charge is 2.31. The van der Waals surface area contributed by atoms with Crippen molar-refractivity contribution < 1.29 is 13.2 Å². The molecule has 0 spiro atoms. The van der Waals surface area contributed by atoms with Gasteiger partial charge in [-0.05, 0) is 29.7 Å². The van der Waals surface area contributed by atoms with Crippen LogP contribution in [0.4, 0.5) is 13.2 Å². The maximum absolute atomic E-state index is 12.7. The number of halogens is 3. The molecule has 1 heterocycles. The number of nitrogens with zero attached hydrogens (tertiary/aromatic N) is 2. The van der Waals surface area contributed by atoms with E-state index in [4.69, 9.17) is 5.26 Å². The largest absolute Gasteiger partial charge is 0.416 e. The molecule has 0 N–H and O–H groups in total. The van der Waals surface area contributed by atoms with Crippen LogP contribution in [0.2, 0.25) is 0 Å². The van der Waals surface area contributed by atoms with Gasteiger partial charge in [-0.1, -0.05) is 13.8 Å². The second-order valence-corrected chi connectivity index (χ2v) is 4.58. The summed E-state index contributed by atoms with van der Waals surface area (Å²) < 4.78 is 38.2. The van der Waals surface area contributed by atoms with Crippen molar-refractivity contribution in [3.8, 4) is 6.07 Å². The lowest BCUT2D eigenvalue weighted by Crippen LogP contribution is -2.05. The average Bonchev–Trinajstić information content (AvgIpc) is 2.35. The summed E-state index contributed by atoms with van der Waals surface area (Å²) in [7, 11) is 0. The summed E-state index contributed by atoms with van der Waals surface area (Å²) >= 11 is 0. The Balaban J connectivity index is 2.82. The number of benzene rings is 1. The number of rotatable bonds is 1. The minimum absolute atomic E-state index is 0.0522. The smallest absolute Gasteiger partial charge is 0.255 e. The molecular weight excluding hydrogens is 253 g/mol. The molecule has 0 bridgehead atoms. The average molecular weight is 264 g/mol. The highest BCUT2D eigenvalue weighted by atomic mass is 19.4. The van der Waals surface area contributed by atoms with Crippen molar-refractivity contribution in [1.29, 1.82) is 5.26 Å². The Labute approximate surface area is 108 Å². The van der Waals surface area contributed by atoms with Gasteiger partial charge in [0, 0.05) is 11.6 Å². The molecule has 0 saturated carbocycles. The van der Waals surface area contributed by atoms with Crippen LogP contribution < -0.4 is 0 Å². The fraction of sp³-hybridized carbons (Fsp3) is 0.286. The molecule has 1 aromatic carbocycles. The summed E-state index contributed by atoms with van der Waals surface area (Å²) in [6.07, 6.45) is -2.99. The fourth-order valence-corrected chi connectivity index (χ4v) is 2.10. The zero-order chi connectivity index (χ0) is 14.2. The van der Waals surface area contributed by atoms with Gasteiger partial charge in [-0.2, -0.15) is 18.4 Å². The molecular formula is C14H11F3N2. The van der Waals surface area contributed by atoms with E-state index in [1.165, 1.54) is 12.3 Å². The topological polar surface area (TPSA) is 36.7 Å². The van der Waals surface area contributed by atoms with Crippen molar-refractivity contribution in [1.82, 2.24) is 4.98 Å². The van der Waals surface area contributed by atoms with E-state index in [1.54, 1.807) is 0 Å². The minimum Gasteiger partial charge on any atom is -0.255 e. The summed E-state index contributed by atoms with van der Waals surface area (Å²) in [5.74, 6) is -0.0522. The van der Waals surface area contributed by atoms with E-state index in [0.29, 0.717) is 22.0 Å². The third kappa shape index (κ3) is 2.39. The van der Waals surface area contributed by atoms with Crippen molar-refractivity contribution in [3.63, 3.8) is 0 Å². The Morgan fingerprint density at radius 3 is 2.47 bits per heavy atom. The Kier molecular flexibility index (Phi) is 3.19. The SMILES string of the molecule is CC(C)c1c(C#N)cnc2ccc(C(F)(F)F)cc12. The second-order valence-electron chi connectivity index (χ2n) is 4.58. The van der Waals surface area contributed by atoms with Gasteiger partial charge in [0.2, 0.25) is 0 Å². The lowest BCUT2D eigenvalue weighted by molar-refractivity contribution is -0.137. The Bertz CT molecular complexity index is 667. The normalized spacial score (nSPS) is 11.8. The minimum atomic E-state index is -4.40. The number of pyridine rings is 1. The standard InChI is InChI=1S/C14H11F3N2/c1-8(2)13-9(6-18)7-19-12-4-3-10(5-11(12)13)14(15,16)17/h3-5,7-8H,1-2H3. The number of nitriles is 1. The maximum atomic E-state index is 12.7. The highest BCUT2D eigenvalue weighted by Crippen LogP contribution is 2.34. The molecule has 19 heavy (non-hydrogen) atoms. The molecule has 0 fully saturated rings. The zero-order valence-electron chi connectivity index (χ0n) is 10.4. The van der Waals surface area contributed by atoms with Gasteiger partial charge >= 0.3 is 6.18 Å². The van der Waals surface area contributed by atoms with Gasteiger partial charge in [-0.3, -0.25) is 4.98 Å². The highest BCUT2D eigenvalue weighted by molar-refractivity contribution is 5.85. The summed E-state index contributed by atoms with van der Waals surface area (Å²) in [6.45, 7) is 3.69. The molecule has 1 aromatic heterocycles. The molecule has 0 atom stereocenters. The van der Waals surface area contributed by atoms with Gasteiger partial charge in [0.1, 0.15) is 6.07 Å². The number of hydrogen-bond acceptors (Lipinski definition) is 2. The van der Waals surface area contributed by atoms with Crippen LogP contribution in [0.25, 0.3) is 10.9 Å². The first kappa shape index (κ1) is 13.3. The van der Waals surface area contributed by atoms with E-state index in [0.717, 1.165) is 12.1 Å². The first-order chi connectivity index (χ1) is 8.84.